The van der Waals surface area contributed by atoms with Crippen LogP contribution in [0.5, 0.6) is 0 Å². The Kier molecular flexibility index (Phi) is 7.28. The van der Waals surface area contributed by atoms with Gasteiger partial charge in [0.25, 0.3) is 0 Å². The molecule has 0 heterocycles. The third kappa shape index (κ3) is 5.36. The van der Waals surface area contributed by atoms with Gasteiger partial charge in [-0.05, 0) is 38.1 Å². The van der Waals surface area contributed by atoms with Crippen molar-refractivity contribution >= 4 is 29.0 Å². The fourth-order valence-electron chi connectivity index (χ4n) is 1.42. The van der Waals surface area contributed by atoms with E-state index in [2.05, 4.69) is 5.32 Å². The maximum atomic E-state index is 11.8. The number of ketones is 1. The summed E-state index contributed by atoms with van der Waals surface area (Å²) in [6, 6.07) is 4.90. The van der Waals surface area contributed by atoms with Crippen molar-refractivity contribution in [3.63, 3.8) is 0 Å². The standard InChI is InChI=1S/C13H17Cl2NO2/c1-2-18-7-3-6-16-9-13(17)10-4-5-11(14)12(15)8-10/h4-5,8,16H,2-3,6-7,9H2,1H3. The molecule has 0 atom stereocenters. The van der Waals surface area contributed by atoms with Crippen LogP contribution in [0, 0.1) is 0 Å². The number of carbonyl (C=O) groups is 1. The van der Waals surface area contributed by atoms with Gasteiger partial charge < -0.3 is 10.1 Å². The van der Waals surface area contributed by atoms with Gasteiger partial charge in [0.05, 0.1) is 16.6 Å². The summed E-state index contributed by atoms with van der Waals surface area (Å²) in [6.07, 6.45) is 0.891. The number of hydrogen-bond acceptors (Lipinski definition) is 3. The van der Waals surface area contributed by atoms with E-state index in [0.717, 1.165) is 19.6 Å². The van der Waals surface area contributed by atoms with E-state index >= 15 is 0 Å². The number of rotatable bonds is 8. The quantitative estimate of drug-likeness (QED) is 0.590. The first-order valence-corrected chi connectivity index (χ1v) is 6.67. The molecule has 1 aromatic carbocycles. The van der Waals surface area contributed by atoms with Gasteiger partial charge in [0, 0.05) is 18.8 Å². The Hall–Kier alpha value is -0.610. The van der Waals surface area contributed by atoms with E-state index in [9.17, 15) is 4.79 Å². The molecule has 0 aliphatic heterocycles. The summed E-state index contributed by atoms with van der Waals surface area (Å²) < 4.78 is 5.20. The summed E-state index contributed by atoms with van der Waals surface area (Å²) in [7, 11) is 0. The zero-order valence-corrected chi connectivity index (χ0v) is 11.9. The minimum atomic E-state index is 0.00461. The average Bonchev–Trinajstić information content (AvgIpc) is 2.36. The SMILES string of the molecule is CCOCCCNCC(=O)c1ccc(Cl)c(Cl)c1. The molecule has 0 bridgehead atoms. The molecule has 0 unspecified atom stereocenters. The highest BCUT2D eigenvalue weighted by atomic mass is 35.5. The summed E-state index contributed by atoms with van der Waals surface area (Å²) in [5.41, 5.74) is 0.571. The zero-order chi connectivity index (χ0) is 13.4. The Labute approximate surface area is 117 Å². The van der Waals surface area contributed by atoms with Gasteiger partial charge in [-0.2, -0.15) is 0 Å². The fraction of sp³-hybridized carbons (Fsp3) is 0.462. The van der Waals surface area contributed by atoms with Crippen LogP contribution >= 0.6 is 23.2 Å². The second-order valence-electron chi connectivity index (χ2n) is 3.78. The lowest BCUT2D eigenvalue weighted by molar-refractivity contribution is 0.0988. The Balaban J connectivity index is 2.30. The Morgan fingerprint density at radius 3 is 2.78 bits per heavy atom. The van der Waals surface area contributed by atoms with E-state index in [1.54, 1.807) is 18.2 Å². The van der Waals surface area contributed by atoms with Crippen LogP contribution in [-0.2, 0) is 4.74 Å². The normalized spacial score (nSPS) is 10.6. The number of benzene rings is 1. The minimum absolute atomic E-state index is 0.00461. The van der Waals surface area contributed by atoms with Crippen LogP contribution in [-0.4, -0.2) is 32.1 Å². The van der Waals surface area contributed by atoms with Gasteiger partial charge in [0.15, 0.2) is 5.78 Å². The highest BCUT2D eigenvalue weighted by molar-refractivity contribution is 6.42. The topological polar surface area (TPSA) is 38.3 Å². The lowest BCUT2D eigenvalue weighted by Gasteiger charge is -2.05. The molecule has 100 valence electrons. The molecule has 0 aliphatic rings. The number of nitrogens with one attached hydrogen (secondary N) is 1. The number of hydrogen-bond donors (Lipinski definition) is 1. The van der Waals surface area contributed by atoms with Crippen LogP contribution in [0.1, 0.15) is 23.7 Å². The van der Waals surface area contributed by atoms with Crippen molar-refractivity contribution in [3.05, 3.63) is 33.8 Å². The van der Waals surface area contributed by atoms with E-state index in [0.29, 0.717) is 28.8 Å². The molecule has 1 N–H and O–H groups in total. The molecule has 0 fully saturated rings. The predicted molar refractivity (Wildman–Crippen MR) is 74.8 cm³/mol. The smallest absolute Gasteiger partial charge is 0.176 e. The molecule has 3 nitrogen and oxygen atoms in total. The van der Waals surface area contributed by atoms with Gasteiger partial charge in [-0.15, -0.1) is 0 Å². The molecule has 0 aromatic heterocycles. The van der Waals surface area contributed by atoms with Gasteiger partial charge in [-0.3, -0.25) is 4.79 Å². The first kappa shape index (κ1) is 15.4. The molecule has 0 radical (unpaired) electrons. The highest BCUT2D eigenvalue weighted by Gasteiger charge is 2.07. The third-order valence-corrected chi connectivity index (χ3v) is 3.11. The molecule has 0 amide bonds. The monoisotopic (exact) mass is 289 g/mol. The fourth-order valence-corrected chi connectivity index (χ4v) is 1.72. The van der Waals surface area contributed by atoms with Gasteiger partial charge in [-0.1, -0.05) is 23.2 Å². The van der Waals surface area contributed by atoms with Crippen molar-refractivity contribution in [1.82, 2.24) is 5.32 Å². The maximum absolute atomic E-state index is 11.8. The van der Waals surface area contributed by atoms with Crippen LogP contribution < -0.4 is 5.32 Å². The third-order valence-electron chi connectivity index (χ3n) is 2.37. The predicted octanol–water partition coefficient (Wildman–Crippen LogP) is 3.19. The second-order valence-corrected chi connectivity index (χ2v) is 4.59. The molecular weight excluding hydrogens is 273 g/mol. The zero-order valence-electron chi connectivity index (χ0n) is 10.3. The molecule has 0 saturated carbocycles. The molecule has 18 heavy (non-hydrogen) atoms. The van der Waals surface area contributed by atoms with Gasteiger partial charge in [-0.25, -0.2) is 0 Å². The van der Waals surface area contributed by atoms with Gasteiger partial charge >= 0.3 is 0 Å². The van der Waals surface area contributed by atoms with Crippen LogP contribution in [0.4, 0.5) is 0 Å². The lowest BCUT2D eigenvalue weighted by Crippen LogP contribution is -2.24. The number of Topliss-reactive ketones (excluding diaryl/α,β-unsaturated/α-hetero) is 1. The van der Waals surface area contributed by atoms with Crippen molar-refractivity contribution in [1.29, 1.82) is 0 Å². The molecule has 5 heteroatoms. The van der Waals surface area contributed by atoms with Crippen LogP contribution in [0.25, 0.3) is 0 Å². The van der Waals surface area contributed by atoms with E-state index in [1.165, 1.54) is 0 Å². The van der Waals surface area contributed by atoms with Crippen LogP contribution in [0.3, 0.4) is 0 Å². The Bertz CT molecular complexity index is 397. The largest absolute Gasteiger partial charge is 0.382 e. The summed E-state index contributed by atoms with van der Waals surface area (Å²) in [6.45, 7) is 4.45. The first-order valence-electron chi connectivity index (χ1n) is 5.92. The van der Waals surface area contributed by atoms with Gasteiger partial charge in [0.2, 0.25) is 0 Å². The lowest BCUT2D eigenvalue weighted by atomic mass is 10.1. The molecule has 0 spiro atoms. The number of halogens is 2. The number of ether oxygens (including phenoxy) is 1. The van der Waals surface area contributed by atoms with E-state index in [1.807, 2.05) is 6.92 Å². The molecule has 0 saturated heterocycles. The van der Waals surface area contributed by atoms with E-state index < -0.39 is 0 Å². The van der Waals surface area contributed by atoms with Crippen molar-refractivity contribution in [2.45, 2.75) is 13.3 Å². The summed E-state index contributed by atoms with van der Waals surface area (Å²) in [5.74, 6) is 0.00461. The Morgan fingerprint density at radius 2 is 2.11 bits per heavy atom. The summed E-state index contributed by atoms with van der Waals surface area (Å²) in [4.78, 5) is 11.8. The molecule has 1 aromatic rings. The molecule has 0 aliphatic carbocycles. The first-order chi connectivity index (χ1) is 8.65. The Morgan fingerprint density at radius 1 is 1.33 bits per heavy atom. The van der Waals surface area contributed by atoms with Crippen molar-refractivity contribution < 1.29 is 9.53 Å². The number of carbonyl (C=O) groups excluding carboxylic acids is 1. The highest BCUT2D eigenvalue weighted by Crippen LogP contribution is 2.22. The summed E-state index contributed by atoms with van der Waals surface area (Å²) >= 11 is 11.6. The minimum Gasteiger partial charge on any atom is -0.382 e. The van der Waals surface area contributed by atoms with Crippen molar-refractivity contribution in [3.8, 4) is 0 Å². The van der Waals surface area contributed by atoms with Crippen LogP contribution in [0.15, 0.2) is 18.2 Å². The van der Waals surface area contributed by atoms with Crippen LogP contribution in [0.2, 0.25) is 10.0 Å². The van der Waals surface area contributed by atoms with Crippen molar-refractivity contribution in [2.75, 3.05) is 26.3 Å². The second kappa shape index (κ2) is 8.48. The maximum Gasteiger partial charge on any atom is 0.176 e. The average molecular weight is 290 g/mol. The van der Waals surface area contributed by atoms with Crippen molar-refractivity contribution in [2.24, 2.45) is 0 Å². The summed E-state index contributed by atoms with van der Waals surface area (Å²) in [5, 5.41) is 3.93. The molecule has 1 rings (SSSR count). The van der Waals surface area contributed by atoms with E-state index in [4.69, 9.17) is 27.9 Å². The van der Waals surface area contributed by atoms with Gasteiger partial charge in [0.1, 0.15) is 0 Å². The molecular formula is C13H17Cl2NO2. The van der Waals surface area contributed by atoms with E-state index in [-0.39, 0.29) is 5.78 Å².